The maximum atomic E-state index is 12.0. The fourth-order valence-corrected chi connectivity index (χ4v) is 3.17. The second-order valence-electron chi connectivity index (χ2n) is 7.74. The third-order valence-corrected chi connectivity index (χ3v) is 4.92. The maximum absolute atomic E-state index is 12.0. The van der Waals surface area contributed by atoms with Crippen LogP contribution < -0.4 is 0 Å². The van der Waals surface area contributed by atoms with E-state index in [0.29, 0.717) is 6.61 Å². The zero-order valence-corrected chi connectivity index (χ0v) is 19.6. The number of rotatable bonds is 15. The standard InChI is InChI=1S/C19H39NO2.C6H6O2/c1-4-7-9-11-13-15-17-20(19(21)22-6-3)18-16-14-12-10-8-5-2;7-5-2-1-3-6(8)4-5/h4-18H2,1-3H3;1-4,7-8H. The van der Waals surface area contributed by atoms with Gasteiger partial charge in [-0.2, -0.15) is 0 Å². The van der Waals surface area contributed by atoms with Crippen molar-refractivity contribution in [3.63, 3.8) is 0 Å². The average molecular weight is 424 g/mol. The average Bonchev–Trinajstić information content (AvgIpc) is 2.72. The number of benzene rings is 1. The predicted molar refractivity (Wildman–Crippen MR) is 125 cm³/mol. The van der Waals surface area contributed by atoms with Crippen LogP contribution in [0.1, 0.15) is 97.8 Å². The number of carbonyl (C=O) groups excluding carboxylic acids is 1. The summed E-state index contributed by atoms with van der Waals surface area (Å²) in [5.41, 5.74) is 0. The maximum Gasteiger partial charge on any atom is 0.409 e. The third-order valence-electron chi connectivity index (χ3n) is 4.92. The number of hydrogen-bond donors (Lipinski definition) is 2. The molecule has 0 saturated carbocycles. The van der Waals surface area contributed by atoms with Gasteiger partial charge in [-0.25, -0.2) is 4.79 Å². The van der Waals surface area contributed by atoms with E-state index in [1.54, 1.807) is 6.07 Å². The first-order chi connectivity index (χ1) is 14.5. The first-order valence-corrected chi connectivity index (χ1v) is 11.9. The Morgan fingerprint density at radius 3 is 1.57 bits per heavy atom. The molecule has 0 aromatic heterocycles. The molecule has 1 amide bonds. The van der Waals surface area contributed by atoms with E-state index in [0.717, 1.165) is 25.9 Å². The molecule has 1 aromatic carbocycles. The van der Waals surface area contributed by atoms with Crippen LogP contribution in [0, 0.1) is 0 Å². The SMILES string of the molecule is CCCCCCCCN(CCCCCCCC)C(=O)OCC.Oc1cccc(O)c1. The van der Waals surface area contributed by atoms with Gasteiger partial charge in [-0.1, -0.05) is 84.1 Å². The summed E-state index contributed by atoms with van der Waals surface area (Å²) in [6, 6.07) is 5.85. The molecular weight excluding hydrogens is 378 g/mol. The Bertz CT molecular complexity index is 488. The number of ether oxygens (including phenoxy) is 1. The lowest BCUT2D eigenvalue weighted by atomic mass is 10.1. The minimum Gasteiger partial charge on any atom is -0.508 e. The van der Waals surface area contributed by atoms with Gasteiger partial charge < -0.3 is 19.8 Å². The topological polar surface area (TPSA) is 70.0 Å². The van der Waals surface area contributed by atoms with Crippen molar-refractivity contribution in [3.05, 3.63) is 24.3 Å². The number of amides is 1. The fraction of sp³-hybridized carbons (Fsp3) is 0.720. The molecule has 0 atom stereocenters. The second kappa shape index (κ2) is 20.4. The van der Waals surface area contributed by atoms with Gasteiger partial charge in [-0.15, -0.1) is 0 Å². The van der Waals surface area contributed by atoms with Crippen molar-refractivity contribution < 1.29 is 19.7 Å². The van der Waals surface area contributed by atoms with Crippen LogP contribution in [-0.2, 0) is 4.74 Å². The van der Waals surface area contributed by atoms with Crippen molar-refractivity contribution in [2.24, 2.45) is 0 Å². The fourth-order valence-electron chi connectivity index (χ4n) is 3.17. The van der Waals surface area contributed by atoms with Crippen LogP contribution in [0.15, 0.2) is 24.3 Å². The molecule has 0 spiro atoms. The molecule has 2 N–H and O–H groups in total. The molecule has 0 unspecified atom stereocenters. The molecule has 5 nitrogen and oxygen atoms in total. The number of aromatic hydroxyl groups is 2. The summed E-state index contributed by atoms with van der Waals surface area (Å²) in [5, 5.41) is 17.3. The smallest absolute Gasteiger partial charge is 0.409 e. The highest BCUT2D eigenvalue weighted by Crippen LogP contribution is 2.15. The summed E-state index contributed by atoms with van der Waals surface area (Å²) < 4.78 is 5.18. The number of phenolic OH excluding ortho intramolecular Hbond substituents is 2. The molecule has 0 radical (unpaired) electrons. The molecule has 30 heavy (non-hydrogen) atoms. The zero-order chi connectivity index (χ0) is 22.5. The van der Waals surface area contributed by atoms with Gasteiger partial charge >= 0.3 is 6.09 Å². The Kier molecular flexibility index (Phi) is 19.1. The zero-order valence-electron chi connectivity index (χ0n) is 19.6. The number of phenols is 2. The van der Waals surface area contributed by atoms with E-state index in [1.807, 2.05) is 11.8 Å². The quantitative estimate of drug-likeness (QED) is 0.291. The van der Waals surface area contributed by atoms with Crippen molar-refractivity contribution >= 4 is 6.09 Å². The highest BCUT2D eigenvalue weighted by atomic mass is 16.6. The molecule has 0 fully saturated rings. The molecule has 1 rings (SSSR count). The summed E-state index contributed by atoms with van der Waals surface area (Å²) in [4.78, 5) is 13.9. The Balaban J connectivity index is 0.000000867. The van der Waals surface area contributed by atoms with Crippen LogP contribution in [0.3, 0.4) is 0 Å². The van der Waals surface area contributed by atoms with Crippen molar-refractivity contribution in [1.29, 1.82) is 0 Å². The summed E-state index contributed by atoms with van der Waals surface area (Å²) >= 11 is 0. The van der Waals surface area contributed by atoms with Gasteiger partial charge in [0.25, 0.3) is 0 Å². The van der Waals surface area contributed by atoms with E-state index in [2.05, 4.69) is 13.8 Å². The van der Waals surface area contributed by atoms with Gasteiger partial charge in [0.1, 0.15) is 11.5 Å². The Morgan fingerprint density at radius 1 is 0.767 bits per heavy atom. The first-order valence-electron chi connectivity index (χ1n) is 11.9. The van der Waals surface area contributed by atoms with Gasteiger partial charge in [0.15, 0.2) is 0 Å². The van der Waals surface area contributed by atoms with Gasteiger partial charge in [-0.3, -0.25) is 0 Å². The molecule has 0 aliphatic rings. The van der Waals surface area contributed by atoms with Crippen LogP contribution >= 0.6 is 0 Å². The summed E-state index contributed by atoms with van der Waals surface area (Å²) in [6.07, 6.45) is 15.0. The van der Waals surface area contributed by atoms with E-state index in [4.69, 9.17) is 14.9 Å². The normalized spacial score (nSPS) is 10.2. The highest BCUT2D eigenvalue weighted by molar-refractivity contribution is 5.67. The molecule has 5 heteroatoms. The molecular formula is C25H45NO4. The summed E-state index contributed by atoms with van der Waals surface area (Å²) in [6.45, 7) is 8.56. The lowest BCUT2D eigenvalue weighted by Gasteiger charge is -2.21. The van der Waals surface area contributed by atoms with E-state index >= 15 is 0 Å². The minimum absolute atomic E-state index is 0.0880. The monoisotopic (exact) mass is 423 g/mol. The van der Waals surface area contributed by atoms with Crippen molar-refractivity contribution in [1.82, 2.24) is 4.90 Å². The Morgan fingerprint density at radius 2 is 1.20 bits per heavy atom. The van der Waals surface area contributed by atoms with Crippen LogP contribution in [0.25, 0.3) is 0 Å². The molecule has 1 aromatic rings. The van der Waals surface area contributed by atoms with Gasteiger partial charge in [0, 0.05) is 19.2 Å². The number of unbranched alkanes of at least 4 members (excludes halogenated alkanes) is 10. The van der Waals surface area contributed by atoms with E-state index in [1.165, 1.54) is 82.4 Å². The van der Waals surface area contributed by atoms with Crippen LogP contribution in [0.5, 0.6) is 11.5 Å². The van der Waals surface area contributed by atoms with Crippen molar-refractivity contribution in [2.75, 3.05) is 19.7 Å². The van der Waals surface area contributed by atoms with Gasteiger partial charge in [0.2, 0.25) is 0 Å². The number of hydrogen-bond acceptors (Lipinski definition) is 4. The van der Waals surface area contributed by atoms with Crippen molar-refractivity contribution in [3.8, 4) is 11.5 Å². The Labute approximate surface area is 184 Å². The van der Waals surface area contributed by atoms with Crippen LogP contribution in [-0.4, -0.2) is 40.9 Å². The van der Waals surface area contributed by atoms with Gasteiger partial charge in [0.05, 0.1) is 6.61 Å². The van der Waals surface area contributed by atoms with Crippen LogP contribution in [0.4, 0.5) is 4.79 Å². The molecule has 0 bridgehead atoms. The summed E-state index contributed by atoms with van der Waals surface area (Å²) in [7, 11) is 0. The van der Waals surface area contributed by atoms with Crippen molar-refractivity contribution in [2.45, 2.75) is 97.8 Å². The van der Waals surface area contributed by atoms with E-state index < -0.39 is 0 Å². The first kappa shape index (κ1) is 28.1. The second-order valence-corrected chi connectivity index (χ2v) is 7.74. The van der Waals surface area contributed by atoms with Gasteiger partial charge in [-0.05, 0) is 31.9 Å². The predicted octanol–water partition coefficient (Wildman–Crippen LogP) is 7.26. The lowest BCUT2D eigenvalue weighted by Crippen LogP contribution is -2.33. The van der Waals surface area contributed by atoms with E-state index in [9.17, 15) is 4.79 Å². The molecule has 174 valence electrons. The van der Waals surface area contributed by atoms with E-state index in [-0.39, 0.29) is 17.6 Å². The molecule has 0 heterocycles. The van der Waals surface area contributed by atoms with Crippen LogP contribution in [0.2, 0.25) is 0 Å². The number of nitrogens with zero attached hydrogens (tertiary/aromatic N) is 1. The minimum atomic E-state index is -0.121. The molecule has 0 saturated heterocycles. The highest BCUT2D eigenvalue weighted by Gasteiger charge is 2.13. The molecule has 0 aliphatic heterocycles. The Hall–Kier alpha value is -1.91. The largest absolute Gasteiger partial charge is 0.508 e. The summed E-state index contributed by atoms with van der Waals surface area (Å²) in [5.74, 6) is 0.176. The molecule has 0 aliphatic carbocycles. The number of carbonyl (C=O) groups is 1. The lowest BCUT2D eigenvalue weighted by molar-refractivity contribution is 0.105. The third kappa shape index (κ3) is 17.0.